The lowest BCUT2D eigenvalue weighted by Crippen LogP contribution is -2.34. The summed E-state index contributed by atoms with van der Waals surface area (Å²) in [5.41, 5.74) is 5.37. The van der Waals surface area contributed by atoms with E-state index >= 15 is 0 Å². The molecular formula is C30H34N2O4. The van der Waals surface area contributed by atoms with Crippen molar-refractivity contribution in [3.63, 3.8) is 0 Å². The molecule has 1 saturated carbocycles. The maximum Gasteiger partial charge on any atom is 0.210 e. The molecule has 1 aliphatic heterocycles. The van der Waals surface area contributed by atoms with Crippen LogP contribution in [0.1, 0.15) is 67.5 Å². The number of aromatic hydroxyl groups is 3. The van der Waals surface area contributed by atoms with Crippen molar-refractivity contribution in [1.82, 2.24) is 9.88 Å². The number of hydrogen-bond acceptors (Lipinski definition) is 4. The van der Waals surface area contributed by atoms with Crippen molar-refractivity contribution >= 4 is 17.3 Å². The number of rotatable bonds is 3. The van der Waals surface area contributed by atoms with E-state index in [9.17, 15) is 15.0 Å². The van der Waals surface area contributed by atoms with E-state index in [4.69, 9.17) is 5.11 Å². The van der Waals surface area contributed by atoms with Crippen molar-refractivity contribution in [2.24, 2.45) is 0 Å². The van der Waals surface area contributed by atoms with Gasteiger partial charge in [0.25, 0.3) is 0 Å². The minimum atomic E-state index is -0.216. The molecule has 188 valence electrons. The highest BCUT2D eigenvalue weighted by atomic mass is 16.3. The molecule has 2 heterocycles. The molecule has 0 bridgehead atoms. The first kappa shape index (κ1) is 25.2. The molecule has 6 nitrogen and oxygen atoms in total. The summed E-state index contributed by atoms with van der Waals surface area (Å²) < 4.78 is 0. The van der Waals surface area contributed by atoms with E-state index in [0.717, 1.165) is 46.5 Å². The Balaban J connectivity index is 0.000000196. The summed E-state index contributed by atoms with van der Waals surface area (Å²) in [7, 11) is 0. The number of H-pyrrole nitrogens is 1. The second-order valence-corrected chi connectivity index (χ2v) is 9.05. The Hall–Kier alpha value is -3.93. The fraction of sp³-hybridized carbons (Fsp3) is 0.300. The molecule has 1 fully saturated rings. The minimum Gasteiger partial charge on any atom is -0.508 e. The van der Waals surface area contributed by atoms with Crippen molar-refractivity contribution in [2.75, 3.05) is 6.54 Å². The van der Waals surface area contributed by atoms with Crippen LogP contribution in [0.5, 0.6) is 17.2 Å². The highest BCUT2D eigenvalue weighted by Crippen LogP contribution is 2.39. The predicted octanol–water partition coefficient (Wildman–Crippen LogP) is 6.37. The van der Waals surface area contributed by atoms with Crippen LogP contribution in [0, 0.1) is 0 Å². The largest absolute Gasteiger partial charge is 0.508 e. The number of amides is 1. The van der Waals surface area contributed by atoms with Gasteiger partial charge in [-0.05, 0) is 84.3 Å². The van der Waals surface area contributed by atoms with Crippen LogP contribution in [0.25, 0.3) is 10.9 Å². The van der Waals surface area contributed by atoms with E-state index in [2.05, 4.69) is 4.98 Å². The van der Waals surface area contributed by atoms with Gasteiger partial charge in [0.2, 0.25) is 6.41 Å². The number of nitrogens with zero attached hydrogens (tertiary/aromatic N) is 1. The lowest BCUT2D eigenvalue weighted by molar-refractivity contribution is -0.120. The Labute approximate surface area is 211 Å². The molecule has 1 unspecified atom stereocenters. The summed E-state index contributed by atoms with van der Waals surface area (Å²) in [6.45, 7) is 4.62. The predicted molar refractivity (Wildman–Crippen MR) is 142 cm³/mol. The Morgan fingerprint density at radius 3 is 1.97 bits per heavy atom. The molecule has 3 aromatic carbocycles. The molecule has 2 aliphatic rings. The Kier molecular flexibility index (Phi) is 7.84. The van der Waals surface area contributed by atoms with Gasteiger partial charge in [-0.25, -0.2) is 0 Å². The van der Waals surface area contributed by atoms with Crippen molar-refractivity contribution in [3.05, 3.63) is 89.1 Å². The highest BCUT2D eigenvalue weighted by Gasteiger charge is 2.31. The zero-order chi connectivity index (χ0) is 25.7. The maximum absolute atomic E-state index is 11.5. The van der Waals surface area contributed by atoms with E-state index in [0.29, 0.717) is 12.3 Å². The molecule has 1 aliphatic carbocycles. The summed E-state index contributed by atoms with van der Waals surface area (Å²) in [6, 6.07) is 19.5. The van der Waals surface area contributed by atoms with Gasteiger partial charge in [0.05, 0.1) is 6.04 Å². The fourth-order valence-corrected chi connectivity index (χ4v) is 4.91. The summed E-state index contributed by atoms with van der Waals surface area (Å²) >= 11 is 0. The molecule has 4 aromatic rings. The number of aromatic amines is 1. The monoisotopic (exact) mass is 486 g/mol. The number of carbonyl (C=O) groups excluding carboxylic acids is 1. The van der Waals surface area contributed by atoms with E-state index in [1.54, 1.807) is 41.3 Å². The second-order valence-electron chi connectivity index (χ2n) is 9.05. The van der Waals surface area contributed by atoms with Crippen molar-refractivity contribution in [3.8, 4) is 17.2 Å². The first-order valence-electron chi connectivity index (χ1n) is 12.7. The first-order valence-corrected chi connectivity index (χ1v) is 12.7. The van der Waals surface area contributed by atoms with Gasteiger partial charge in [0, 0.05) is 23.1 Å². The number of benzene rings is 3. The van der Waals surface area contributed by atoms with Gasteiger partial charge in [0.15, 0.2) is 0 Å². The molecule has 6 heteroatoms. The standard InChI is InChI=1S/C18H16N2O3.C10H12O.C2H6/c21-10-20-8-7-14-15-9-13(23)5-6-16(15)19-17(14)18(20)11-1-3-12(22)4-2-11;11-10-6-4-9(5-7-10)8-2-1-3-8;1-2/h1-6,9-10,18-19,22-23H,7-8H2;4-8,11H,1-3H2;1-2H3. The average Bonchev–Trinajstić information content (AvgIpc) is 3.24. The van der Waals surface area contributed by atoms with Gasteiger partial charge < -0.3 is 25.2 Å². The highest BCUT2D eigenvalue weighted by molar-refractivity contribution is 5.87. The zero-order valence-electron chi connectivity index (χ0n) is 20.8. The third-order valence-electron chi connectivity index (χ3n) is 6.96. The third kappa shape index (κ3) is 5.18. The summed E-state index contributed by atoms with van der Waals surface area (Å²) in [5, 5.41) is 29.3. The third-order valence-corrected chi connectivity index (χ3v) is 6.96. The number of nitrogens with one attached hydrogen (secondary N) is 1. The molecule has 36 heavy (non-hydrogen) atoms. The van der Waals surface area contributed by atoms with Crippen LogP contribution in [0.15, 0.2) is 66.7 Å². The van der Waals surface area contributed by atoms with Gasteiger partial charge in [-0.15, -0.1) is 0 Å². The molecule has 0 spiro atoms. The topological polar surface area (TPSA) is 96.8 Å². The fourth-order valence-electron chi connectivity index (χ4n) is 4.91. The lowest BCUT2D eigenvalue weighted by Gasteiger charge is -2.33. The van der Waals surface area contributed by atoms with E-state index in [1.807, 2.05) is 44.2 Å². The van der Waals surface area contributed by atoms with Crippen LogP contribution in [-0.4, -0.2) is 38.2 Å². The first-order chi connectivity index (χ1) is 17.5. The Bertz CT molecular complexity index is 1290. The quantitative estimate of drug-likeness (QED) is 0.253. The molecule has 6 rings (SSSR count). The minimum absolute atomic E-state index is 0.198. The van der Waals surface area contributed by atoms with Crippen LogP contribution in [0.4, 0.5) is 0 Å². The van der Waals surface area contributed by atoms with Gasteiger partial charge in [-0.3, -0.25) is 4.79 Å². The van der Waals surface area contributed by atoms with Crippen LogP contribution in [0.2, 0.25) is 0 Å². The normalized spacial score (nSPS) is 16.6. The van der Waals surface area contributed by atoms with E-state index in [-0.39, 0.29) is 17.5 Å². The molecular weight excluding hydrogens is 452 g/mol. The number of fused-ring (bicyclic) bond motifs is 3. The number of phenols is 3. The van der Waals surface area contributed by atoms with Crippen molar-refractivity contribution in [1.29, 1.82) is 0 Å². The Morgan fingerprint density at radius 1 is 0.833 bits per heavy atom. The lowest BCUT2D eigenvalue weighted by atomic mass is 9.80. The summed E-state index contributed by atoms with van der Waals surface area (Å²) in [4.78, 5) is 16.7. The number of carbonyl (C=O) groups is 1. The van der Waals surface area contributed by atoms with Gasteiger partial charge in [-0.2, -0.15) is 0 Å². The van der Waals surface area contributed by atoms with Crippen molar-refractivity contribution in [2.45, 2.75) is 51.5 Å². The van der Waals surface area contributed by atoms with Crippen LogP contribution >= 0.6 is 0 Å². The molecule has 0 saturated heterocycles. The summed E-state index contributed by atoms with van der Waals surface area (Å²) in [5.74, 6) is 1.57. The van der Waals surface area contributed by atoms with Crippen molar-refractivity contribution < 1.29 is 20.1 Å². The number of hydrogen-bond donors (Lipinski definition) is 4. The number of phenolic OH excluding ortho intramolecular Hbond substituents is 3. The molecule has 1 aromatic heterocycles. The van der Waals surface area contributed by atoms with Gasteiger partial charge in [0.1, 0.15) is 17.2 Å². The molecule has 1 atom stereocenters. The van der Waals surface area contributed by atoms with E-state index in [1.165, 1.54) is 24.8 Å². The van der Waals surface area contributed by atoms with Crippen LogP contribution < -0.4 is 0 Å². The van der Waals surface area contributed by atoms with Crippen LogP contribution in [0.3, 0.4) is 0 Å². The van der Waals surface area contributed by atoms with Gasteiger partial charge >= 0.3 is 0 Å². The summed E-state index contributed by atoms with van der Waals surface area (Å²) in [6.07, 6.45) is 5.62. The maximum atomic E-state index is 11.5. The zero-order valence-corrected chi connectivity index (χ0v) is 20.8. The SMILES string of the molecule is CC.O=CN1CCc2c([nH]c3ccc(O)cc23)C1c1ccc(O)cc1.Oc1ccc(C2CCC2)cc1. The molecule has 4 N–H and O–H groups in total. The molecule has 1 amide bonds. The Morgan fingerprint density at radius 2 is 1.42 bits per heavy atom. The van der Waals surface area contributed by atoms with Gasteiger partial charge in [-0.1, -0.05) is 44.5 Å². The average molecular weight is 487 g/mol. The second kappa shape index (κ2) is 11.2. The molecule has 0 radical (unpaired) electrons. The van der Waals surface area contributed by atoms with E-state index < -0.39 is 0 Å². The smallest absolute Gasteiger partial charge is 0.210 e. The number of aromatic nitrogens is 1. The van der Waals surface area contributed by atoms with Crippen LogP contribution in [-0.2, 0) is 11.2 Å².